The molecule has 4 nitrogen and oxygen atoms in total. The van der Waals surface area contributed by atoms with Crippen molar-refractivity contribution in [2.75, 3.05) is 20.1 Å². The summed E-state index contributed by atoms with van der Waals surface area (Å²) >= 11 is 3.67. The molecule has 20 heavy (non-hydrogen) atoms. The van der Waals surface area contributed by atoms with Crippen molar-refractivity contribution < 1.29 is 0 Å². The van der Waals surface area contributed by atoms with Crippen molar-refractivity contribution in [1.29, 1.82) is 0 Å². The molecule has 2 heterocycles. The van der Waals surface area contributed by atoms with Gasteiger partial charge in [-0.2, -0.15) is 5.10 Å². The van der Waals surface area contributed by atoms with Crippen LogP contribution in [-0.2, 0) is 6.54 Å². The van der Waals surface area contributed by atoms with E-state index >= 15 is 0 Å². The van der Waals surface area contributed by atoms with Crippen molar-refractivity contribution in [1.82, 2.24) is 20.0 Å². The number of likely N-dealkylation sites (N-methyl/N-ethyl adjacent to an activating group) is 1. The van der Waals surface area contributed by atoms with Crippen LogP contribution in [0.2, 0.25) is 0 Å². The Morgan fingerprint density at radius 3 is 2.55 bits per heavy atom. The third-order valence-corrected chi connectivity index (χ3v) is 5.18. The van der Waals surface area contributed by atoms with Crippen LogP contribution in [0.5, 0.6) is 0 Å². The first-order valence-electron chi connectivity index (χ1n) is 7.65. The summed E-state index contributed by atoms with van der Waals surface area (Å²) in [6.45, 7) is 10.1. The second-order valence-corrected chi connectivity index (χ2v) is 6.97. The number of likely N-dealkylation sites (tertiary alicyclic amines) is 1. The minimum Gasteiger partial charge on any atom is -0.310 e. The van der Waals surface area contributed by atoms with Gasteiger partial charge in [0.05, 0.1) is 22.4 Å². The smallest absolute Gasteiger partial charge is 0.0714 e. The van der Waals surface area contributed by atoms with Gasteiger partial charge in [-0.1, -0.05) is 6.42 Å². The van der Waals surface area contributed by atoms with Crippen LogP contribution < -0.4 is 5.32 Å². The van der Waals surface area contributed by atoms with Gasteiger partial charge in [-0.05, 0) is 69.7 Å². The SMILES string of the molecule is CCn1ncc(Br)c1C(NC)C(C)(C)N1CCCCC1. The topological polar surface area (TPSA) is 33.1 Å². The van der Waals surface area contributed by atoms with E-state index in [1.54, 1.807) is 0 Å². The monoisotopic (exact) mass is 342 g/mol. The van der Waals surface area contributed by atoms with Crippen LogP contribution in [0.3, 0.4) is 0 Å². The van der Waals surface area contributed by atoms with Crippen LogP contribution in [0, 0.1) is 0 Å². The first kappa shape index (κ1) is 16.0. The molecule has 0 radical (unpaired) electrons. The molecule has 0 amide bonds. The van der Waals surface area contributed by atoms with Gasteiger partial charge < -0.3 is 5.32 Å². The maximum absolute atomic E-state index is 4.47. The number of nitrogens with zero attached hydrogens (tertiary/aromatic N) is 3. The van der Waals surface area contributed by atoms with E-state index < -0.39 is 0 Å². The van der Waals surface area contributed by atoms with E-state index in [9.17, 15) is 0 Å². The van der Waals surface area contributed by atoms with Crippen LogP contribution in [-0.4, -0.2) is 40.4 Å². The van der Waals surface area contributed by atoms with Gasteiger partial charge in [0.1, 0.15) is 0 Å². The van der Waals surface area contributed by atoms with Crippen molar-refractivity contribution in [2.45, 2.75) is 58.2 Å². The number of rotatable bonds is 5. The number of hydrogen-bond acceptors (Lipinski definition) is 3. The third-order valence-electron chi connectivity index (χ3n) is 4.57. The van der Waals surface area contributed by atoms with Crippen molar-refractivity contribution in [3.63, 3.8) is 0 Å². The van der Waals surface area contributed by atoms with E-state index in [4.69, 9.17) is 0 Å². The number of halogens is 1. The quantitative estimate of drug-likeness (QED) is 0.891. The largest absolute Gasteiger partial charge is 0.310 e. The number of piperidine rings is 1. The lowest BCUT2D eigenvalue weighted by Gasteiger charge is -2.46. The number of hydrogen-bond donors (Lipinski definition) is 1. The molecule has 1 aromatic heterocycles. The van der Waals surface area contributed by atoms with Gasteiger partial charge in [-0.25, -0.2) is 0 Å². The summed E-state index contributed by atoms with van der Waals surface area (Å²) in [5.74, 6) is 0. The minimum absolute atomic E-state index is 0.0741. The molecule has 1 N–H and O–H groups in total. The zero-order valence-electron chi connectivity index (χ0n) is 13.1. The molecule has 1 aliphatic rings. The Hall–Kier alpha value is -0.390. The standard InChI is InChI=1S/C15H27BrN4/c1-5-20-13(12(16)11-18-20)14(17-4)15(2,3)19-9-7-6-8-10-19/h11,14,17H,5-10H2,1-4H3. The highest BCUT2D eigenvalue weighted by Crippen LogP contribution is 2.36. The second kappa shape index (κ2) is 6.58. The Balaban J connectivity index is 2.32. The van der Waals surface area contributed by atoms with Crippen molar-refractivity contribution in [3.8, 4) is 0 Å². The summed E-state index contributed by atoms with van der Waals surface area (Å²) in [7, 11) is 2.05. The molecule has 0 spiro atoms. The van der Waals surface area contributed by atoms with E-state index in [2.05, 4.69) is 63.7 Å². The Labute approximate surface area is 131 Å². The highest BCUT2D eigenvalue weighted by atomic mass is 79.9. The first-order chi connectivity index (χ1) is 9.52. The molecule has 114 valence electrons. The summed E-state index contributed by atoms with van der Waals surface area (Å²) in [5, 5.41) is 8.00. The fraction of sp³-hybridized carbons (Fsp3) is 0.800. The molecule has 0 aromatic carbocycles. The van der Waals surface area contributed by atoms with E-state index in [1.165, 1.54) is 38.0 Å². The molecule has 5 heteroatoms. The summed E-state index contributed by atoms with van der Waals surface area (Å²) in [6.07, 6.45) is 5.91. The minimum atomic E-state index is 0.0741. The van der Waals surface area contributed by atoms with Gasteiger partial charge >= 0.3 is 0 Å². The molecular formula is C15H27BrN4. The van der Waals surface area contributed by atoms with Crippen molar-refractivity contribution >= 4 is 15.9 Å². The van der Waals surface area contributed by atoms with Crippen LogP contribution in [0.25, 0.3) is 0 Å². The van der Waals surface area contributed by atoms with Gasteiger partial charge in [-0.15, -0.1) is 0 Å². The summed E-state index contributed by atoms with van der Waals surface area (Å²) in [4.78, 5) is 2.62. The maximum Gasteiger partial charge on any atom is 0.0714 e. The molecule has 0 aliphatic carbocycles. The molecule has 0 saturated carbocycles. The van der Waals surface area contributed by atoms with Gasteiger partial charge in [0.15, 0.2) is 0 Å². The Kier molecular flexibility index (Phi) is 5.26. The molecule has 1 saturated heterocycles. The Bertz CT molecular complexity index is 435. The highest BCUT2D eigenvalue weighted by molar-refractivity contribution is 9.10. The van der Waals surface area contributed by atoms with Crippen LogP contribution in [0.15, 0.2) is 10.7 Å². The summed E-state index contributed by atoms with van der Waals surface area (Å²) in [5.41, 5.74) is 1.33. The molecule has 1 atom stereocenters. The molecule has 2 rings (SSSR count). The zero-order valence-corrected chi connectivity index (χ0v) is 14.7. The van der Waals surface area contributed by atoms with Crippen molar-refractivity contribution in [2.24, 2.45) is 0 Å². The highest BCUT2D eigenvalue weighted by Gasteiger charge is 2.38. The van der Waals surface area contributed by atoms with Gasteiger partial charge in [0.2, 0.25) is 0 Å². The zero-order chi connectivity index (χ0) is 14.8. The lowest BCUT2D eigenvalue weighted by atomic mass is 9.88. The summed E-state index contributed by atoms with van der Waals surface area (Å²) in [6, 6.07) is 0.262. The fourth-order valence-electron chi connectivity index (χ4n) is 3.39. The summed E-state index contributed by atoms with van der Waals surface area (Å²) < 4.78 is 3.19. The van der Waals surface area contributed by atoms with Gasteiger partial charge in [-0.3, -0.25) is 9.58 Å². The normalized spacial score (nSPS) is 19.2. The number of nitrogens with one attached hydrogen (secondary N) is 1. The second-order valence-electron chi connectivity index (χ2n) is 6.12. The van der Waals surface area contributed by atoms with Crippen LogP contribution in [0.4, 0.5) is 0 Å². The van der Waals surface area contributed by atoms with E-state index in [0.29, 0.717) is 0 Å². The average Bonchev–Trinajstić information content (AvgIpc) is 2.82. The molecule has 1 unspecified atom stereocenters. The first-order valence-corrected chi connectivity index (χ1v) is 8.45. The van der Waals surface area contributed by atoms with Crippen molar-refractivity contribution in [3.05, 3.63) is 16.4 Å². The molecular weight excluding hydrogens is 316 g/mol. The predicted molar refractivity (Wildman–Crippen MR) is 86.9 cm³/mol. The van der Waals surface area contributed by atoms with Crippen LogP contribution in [0.1, 0.15) is 51.8 Å². The van der Waals surface area contributed by atoms with Gasteiger partial charge in [0.25, 0.3) is 0 Å². The van der Waals surface area contributed by atoms with E-state index in [0.717, 1.165) is 11.0 Å². The average molecular weight is 343 g/mol. The van der Waals surface area contributed by atoms with Gasteiger partial charge in [0, 0.05) is 12.1 Å². The molecule has 1 aliphatic heterocycles. The number of aryl methyl sites for hydroxylation is 1. The molecule has 1 fully saturated rings. The predicted octanol–water partition coefficient (Wildman–Crippen LogP) is 3.19. The van der Waals surface area contributed by atoms with E-state index in [-0.39, 0.29) is 11.6 Å². The lowest BCUT2D eigenvalue weighted by Crippen LogP contribution is -2.54. The van der Waals surface area contributed by atoms with Crippen LogP contribution >= 0.6 is 15.9 Å². The van der Waals surface area contributed by atoms with E-state index in [1.807, 2.05) is 6.20 Å². The maximum atomic E-state index is 4.47. The number of aromatic nitrogens is 2. The Morgan fingerprint density at radius 2 is 2.00 bits per heavy atom. The fourth-order valence-corrected chi connectivity index (χ4v) is 3.91. The Morgan fingerprint density at radius 1 is 1.35 bits per heavy atom. The third kappa shape index (κ3) is 2.95. The molecule has 1 aromatic rings. The molecule has 0 bridgehead atoms. The lowest BCUT2D eigenvalue weighted by molar-refractivity contribution is 0.0602.